The third-order valence-corrected chi connectivity index (χ3v) is 2.45. The van der Waals surface area contributed by atoms with Crippen LogP contribution in [0.1, 0.15) is 33.6 Å². The van der Waals surface area contributed by atoms with Crippen LogP contribution >= 0.6 is 0 Å². The number of carbonyl (C=O) groups is 1. The quantitative estimate of drug-likeness (QED) is 0.825. The van der Waals surface area contributed by atoms with Gasteiger partial charge in [0.1, 0.15) is 5.60 Å². The maximum absolute atomic E-state index is 11.9. The van der Waals surface area contributed by atoms with Gasteiger partial charge in [-0.05, 0) is 33.6 Å². The van der Waals surface area contributed by atoms with E-state index in [9.17, 15) is 18.0 Å². The molecule has 1 saturated carbocycles. The number of nitrogens with one attached hydrogen (secondary N) is 2. The Bertz CT molecular complexity index is 294. The average Bonchev–Trinajstić information content (AvgIpc) is 2.03. The van der Waals surface area contributed by atoms with Crippen molar-refractivity contribution in [3.05, 3.63) is 0 Å². The molecule has 1 rings (SSSR count). The van der Waals surface area contributed by atoms with Crippen LogP contribution in [-0.2, 0) is 4.74 Å². The fourth-order valence-electron chi connectivity index (χ4n) is 1.64. The molecule has 0 aromatic heterocycles. The molecule has 0 bridgehead atoms. The van der Waals surface area contributed by atoms with E-state index in [2.05, 4.69) is 10.6 Å². The SMILES string of the molecule is CC(C)(C)OC(=O)N[C@H]1C[C@H](NCC(F)(F)F)C1. The van der Waals surface area contributed by atoms with Crippen molar-refractivity contribution < 1.29 is 22.7 Å². The van der Waals surface area contributed by atoms with Crippen molar-refractivity contribution in [2.45, 2.75) is 57.5 Å². The Labute approximate surface area is 104 Å². The summed E-state index contributed by atoms with van der Waals surface area (Å²) in [6.07, 6.45) is -3.73. The second kappa shape index (κ2) is 5.34. The first-order valence-electron chi connectivity index (χ1n) is 5.85. The summed E-state index contributed by atoms with van der Waals surface area (Å²) in [4.78, 5) is 11.4. The zero-order chi connectivity index (χ0) is 14.0. The molecule has 18 heavy (non-hydrogen) atoms. The normalized spacial score (nSPS) is 24.3. The second-order valence-electron chi connectivity index (χ2n) is 5.51. The smallest absolute Gasteiger partial charge is 0.407 e. The highest BCUT2D eigenvalue weighted by Crippen LogP contribution is 2.22. The lowest BCUT2D eigenvalue weighted by atomic mass is 9.87. The van der Waals surface area contributed by atoms with Crippen molar-refractivity contribution in [3.63, 3.8) is 0 Å². The Morgan fingerprint density at radius 3 is 2.22 bits per heavy atom. The zero-order valence-electron chi connectivity index (χ0n) is 10.7. The van der Waals surface area contributed by atoms with Crippen molar-refractivity contribution in [1.29, 1.82) is 0 Å². The molecule has 2 N–H and O–H groups in total. The minimum atomic E-state index is -4.19. The molecule has 0 heterocycles. The molecule has 106 valence electrons. The maximum Gasteiger partial charge on any atom is 0.407 e. The molecule has 1 aliphatic carbocycles. The molecule has 0 aliphatic heterocycles. The van der Waals surface area contributed by atoms with Crippen LogP contribution in [-0.4, -0.2) is 36.5 Å². The minimum absolute atomic E-state index is 0.106. The van der Waals surface area contributed by atoms with Crippen LogP contribution in [0.15, 0.2) is 0 Å². The van der Waals surface area contributed by atoms with Gasteiger partial charge >= 0.3 is 12.3 Å². The van der Waals surface area contributed by atoms with Gasteiger partial charge in [0.2, 0.25) is 0 Å². The molecular formula is C11H19F3N2O2. The topological polar surface area (TPSA) is 50.4 Å². The van der Waals surface area contributed by atoms with E-state index in [4.69, 9.17) is 4.74 Å². The van der Waals surface area contributed by atoms with Crippen LogP contribution in [0.2, 0.25) is 0 Å². The van der Waals surface area contributed by atoms with Crippen LogP contribution in [0.3, 0.4) is 0 Å². The number of ether oxygens (including phenoxy) is 1. The third-order valence-electron chi connectivity index (χ3n) is 2.45. The van der Waals surface area contributed by atoms with Crippen LogP contribution in [0.5, 0.6) is 0 Å². The Kier molecular flexibility index (Phi) is 4.47. The number of halogens is 3. The van der Waals surface area contributed by atoms with E-state index in [0.29, 0.717) is 12.8 Å². The fourth-order valence-corrected chi connectivity index (χ4v) is 1.64. The van der Waals surface area contributed by atoms with Gasteiger partial charge in [-0.15, -0.1) is 0 Å². The van der Waals surface area contributed by atoms with Crippen LogP contribution in [0.25, 0.3) is 0 Å². The summed E-state index contributed by atoms with van der Waals surface area (Å²) in [5, 5.41) is 5.01. The number of hydrogen-bond donors (Lipinski definition) is 2. The highest BCUT2D eigenvalue weighted by molar-refractivity contribution is 5.68. The molecule has 1 fully saturated rings. The standard InChI is InChI=1S/C11H19F3N2O2/c1-10(2,3)18-9(17)16-8-4-7(5-8)15-6-11(12,13)14/h7-8,15H,4-6H2,1-3H3,(H,16,17)/t7-,8-. The summed E-state index contributed by atoms with van der Waals surface area (Å²) < 4.78 is 40.8. The molecular weight excluding hydrogens is 249 g/mol. The maximum atomic E-state index is 11.9. The Morgan fingerprint density at radius 1 is 1.22 bits per heavy atom. The van der Waals surface area contributed by atoms with E-state index in [1.54, 1.807) is 20.8 Å². The van der Waals surface area contributed by atoms with Gasteiger partial charge in [0, 0.05) is 12.1 Å². The number of amides is 1. The molecule has 1 aliphatic rings. The molecule has 0 aromatic rings. The molecule has 1 amide bonds. The number of alkyl carbamates (subject to hydrolysis) is 1. The highest BCUT2D eigenvalue weighted by Gasteiger charge is 2.35. The van der Waals surface area contributed by atoms with E-state index < -0.39 is 24.4 Å². The van der Waals surface area contributed by atoms with Gasteiger partial charge in [0.25, 0.3) is 0 Å². The van der Waals surface area contributed by atoms with Gasteiger partial charge in [-0.25, -0.2) is 4.79 Å². The monoisotopic (exact) mass is 268 g/mol. The van der Waals surface area contributed by atoms with Crippen LogP contribution in [0.4, 0.5) is 18.0 Å². The van der Waals surface area contributed by atoms with E-state index in [-0.39, 0.29) is 12.1 Å². The van der Waals surface area contributed by atoms with Crippen molar-refractivity contribution in [2.24, 2.45) is 0 Å². The van der Waals surface area contributed by atoms with Gasteiger partial charge in [-0.2, -0.15) is 13.2 Å². The summed E-state index contributed by atoms with van der Waals surface area (Å²) in [5.41, 5.74) is -0.568. The van der Waals surface area contributed by atoms with Gasteiger partial charge in [0.15, 0.2) is 0 Å². The second-order valence-corrected chi connectivity index (χ2v) is 5.51. The summed E-state index contributed by atoms with van der Waals surface area (Å²) in [6.45, 7) is 4.26. The Hall–Kier alpha value is -0.980. The molecule has 7 heteroatoms. The van der Waals surface area contributed by atoms with Crippen molar-refractivity contribution in [1.82, 2.24) is 10.6 Å². The lowest BCUT2D eigenvalue weighted by Gasteiger charge is -2.36. The summed E-state index contributed by atoms with van der Waals surface area (Å²) >= 11 is 0. The third kappa shape index (κ3) is 6.09. The predicted octanol–water partition coefficient (Wildman–Crippen LogP) is 2.19. The fraction of sp³-hybridized carbons (Fsp3) is 0.909. The zero-order valence-corrected chi connectivity index (χ0v) is 10.7. The number of alkyl halides is 3. The first kappa shape index (κ1) is 15.1. The molecule has 4 nitrogen and oxygen atoms in total. The van der Waals surface area contributed by atoms with Crippen molar-refractivity contribution in [2.75, 3.05) is 6.54 Å². The largest absolute Gasteiger partial charge is 0.444 e. The van der Waals surface area contributed by atoms with Crippen LogP contribution < -0.4 is 10.6 Å². The number of rotatable bonds is 3. The molecule has 0 spiro atoms. The average molecular weight is 268 g/mol. The first-order chi connectivity index (χ1) is 8.05. The molecule has 0 unspecified atom stereocenters. The Balaban J connectivity index is 2.14. The molecule has 0 aromatic carbocycles. The highest BCUT2D eigenvalue weighted by atomic mass is 19.4. The minimum Gasteiger partial charge on any atom is -0.444 e. The molecule has 0 atom stereocenters. The first-order valence-corrected chi connectivity index (χ1v) is 5.85. The van der Waals surface area contributed by atoms with E-state index in [1.807, 2.05) is 0 Å². The van der Waals surface area contributed by atoms with E-state index in [1.165, 1.54) is 0 Å². The van der Waals surface area contributed by atoms with Gasteiger partial charge < -0.3 is 15.4 Å². The van der Waals surface area contributed by atoms with Gasteiger partial charge in [-0.1, -0.05) is 0 Å². The number of carbonyl (C=O) groups excluding carboxylic acids is 1. The predicted molar refractivity (Wildman–Crippen MR) is 60.2 cm³/mol. The van der Waals surface area contributed by atoms with Crippen molar-refractivity contribution >= 4 is 6.09 Å². The van der Waals surface area contributed by atoms with Crippen LogP contribution in [0, 0.1) is 0 Å². The number of hydrogen-bond acceptors (Lipinski definition) is 3. The van der Waals surface area contributed by atoms with Gasteiger partial charge in [0.05, 0.1) is 6.54 Å². The van der Waals surface area contributed by atoms with E-state index in [0.717, 1.165) is 0 Å². The summed E-state index contributed by atoms with van der Waals surface area (Å²) in [5.74, 6) is 0. The Morgan fingerprint density at radius 2 is 1.78 bits per heavy atom. The summed E-state index contributed by atoms with van der Waals surface area (Å²) in [6, 6.07) is -0.294. The molecule has 0 saturated heterocycles. The lowest BCUT2D eigenvalue weighted by Crippen LogP contribution is -2.54. The van der Waals surface area contributed by atoms with Crippen molar-refractivity contribution in [3.8, 4) is 0 Å². The summed E-state index contributed by atoms with van der Waals surface area (Å²) in [7, 11) is 0. The lowest BCUT2D eigenvalue weighted by molar-refractivity contribution is -0.127. The van der Waals surface area contributed by atoms with E-state index >= 15 is 0 Å². The van der Waals surface area contributed by atoms with Gasteiger partial charge in [-0.3, -0.25) is 0 Å². The molecule has 0 radical (unpaired) electrons.